The first-order valence-electron chi connectivity index (χ1n) is 6.05. The van der Waals surface area contributed by atoms with Crippen molar-refractivity contribution in [2.24, 2.45) is 5.73 Å². The van der Waals surface area contributed by atoms with Crippen LogP contribution in [0.15, 0.2) is 18.2 Å². The van der Waals surface area contributed by atoms with Crippen LogP contribution in [-0.4, -0.2) is 23.9 Å². The van der Waals surface area contributed by atoms with Crippen LogP contribution in [0.3, 0.4) is 0 Å². The molecule has 0 unspecified atom stereocenters. The SMILES string of the molecule is COc1cc(C)c(C)cc1-c1cc(CCN)[nH]n1. The first-order valence-corrected chi connectivity index (χ1v) is 6.05. The van der Waals surface area contributed by atoms with Gasteiger partial charge in [0.2, 0.25) is 0 Å². The van der Waals surface area contributed by atoms with E-state index < -0.39 is 0 Å². The van der Waals surface area contributed by atoms with Crippen molar-refractivity contribution in [3.05, 3.63) is 35.0 Å². The van der Waals surface area contributed by atoms with Crippen LogP contribution in [0, 0.1) is 13.8 Å². The third-order valence-corrected chi connectivity index (χ3v) is 3.14. The second-order valence-electron chi connectivity index (χ2n) is 4.45. The third kappa shape index (κ3) is 2.38. The van der Waals surface area contributed by atoms with E-state index in [2.05, 4.69) is 30.1 Å². The van der Waals surface area contributed by atoms with Gasteiger partial charge in [0, 0.05) is 17.7 Å². The van der Waals surface area contributed by atoms with Gasteiger partial charge >= 0.3 is 0 Å². The maximum absolute atomic E-state index is 5.54. The Hall–Kier alpha value is -1.81. The molecule has 2 aromatic rings. The van der Waals surface area contributed by atoms with Crippen molar-refractivity contribution in [2.75, 3.05) is 13.7 Å². The number of hydrogen-bond acceptors (Lipinski definition) is 3. The molecule has 0 aliphatic heterocycles. The van der Waals surface area contributed by atoms with Crippen LogP contribution < -0.4 is 10.5 Å². The molecule has 0 bridgehead atoms. The summed E-state index contributed by atoms with van der Waals surface area (Å²) in [6.07, 6.45) is 0.806. The summed E-state index contributed by atoms with van der Waals surface area (Å²) in [6, 6.07) is 6.18. The average molecular weight is 245 g/mol. The van der Waals surface area contributed by atoms with Crippen LogP contribution in [0.5, 0.6) is 5.75 Å². The summed E-state index contributed by atoms with van der Waals surface area (Å²) in [5, 5.41) is 7.33. The minimum absolute atomic E-state index is 0.617. The quantitative estimate of drug-likeness (QED) is 0.868. The fourth-order valence-electron chi connectivity index (χ4n) is 1.94. The fraction of sp³-hybridized carbons (Fsp3) is 0.357. The molecule has 0 aliphatic carbocycles. The minimum Gasteiger partial charge on any atom is -0.496 e. The minimum atomic E-state index is 0.617. The van der Waals surface area contributed by atoms with Gasteiger partial charge in [0.1, 0.15) is 5.75 Å². The number of H-pyrrole nitrogens is 1. The number of aromatic amines is 1. The third-order valence-electron chi connectivity index (χ3n) is 3.14. The van der Waals surface area contributed by atoms with E-state index in [0.29, 0.717) is 6.54 Å². The highest BCUT2D eigenvalue weighted by molar-refractivity contribution is 5.69. The van der Waals surface area contributed by atoms with E-state index in [4.69, 9.17) is 10.5 Å². The lowest BCUT2D eigenvalue weighted by Crippen LogP contribution is -2.02. The Kier molecular flexibility index (Phi) is 3.67. The Morgan fingerprint density at radius 2 is 1.94 bits per heavy atom. The molecule has 3 N–H and O–H groups in total. The number of ether oxygens (including phenoxy) is 1. The van der Waals surface area contributed by atoms with Crippen molar-refractivity contribution in [1.29, 1.82) is 0 Å². The summed E-state index contributed by atoms with van der Waals surface area (Å²) in [7, 11) is 1.68. The second kappa shape index (κ2) is 5.23. The van der Waals surface area contributed by atoms with E-state index in [-0.39, 0.29) is 0 Å². The second-order valence-corrected chi connectivity index (χ2v) is 4.45. The molecule has 4 heteroatoms. The molecular weight excluding hydrogens is 226 g/mol. The van der Waals surface area contributed by atoms with E-state index in [0.717, 1.165) is 29.1 Å². The van der Waals surface area contributed by atoms with Gasteiger partial charge in [0.25, 0.3) is 0 Å². The molecule has 0 saturated carbocycles. The highest BCUT2D eigenvalue weighted by Gasteiger charge is 2.11. The van der Waals surface area contributed by atoms with Gasteiger partial charge in [-0.05, 0) is 49.7 Å². The van der Waals surface area contributed by atoms with E-state index in [1.807, 2.05) is 12.1 Å². The molecule has 0 saturated heterocycles. The van der Waals surface area contributed by atoms with Gasteiger partial charge in [0.05, 0.1) is 12.8 Å². The van der Waals surface area contributed by atoms with Crippen molar-refractivity contribution in [2.45, 2.75) is 20.3 Å². The normalized spacial score (nSPS) is 10.7. The van der Waals surface area contributed by atoms with Gasteiger partial charge in [-0.2, -0.15) is 5.10 Å². The lowest BCUT2D eigenvalue weighted by Gasteiger charge is -2.09. The maximum atomic E-state index is 5.54. The van der Waals surface area contributed by atoms with Gasteiger partial charge in [-0.25, -0.2) is 0 Å². The van der Waals surface area contributed by atoms with Crippen molar-refractivity contribution < 1.29 is 4.74 Å². The van der Waals surface area contributed by atoms with Crippen LogP contribution in [-0.2, 0) is 6.42 Å². The fourth-order valence-corrected chi connectivity index (χ4v) is 1.94. The smallest absolute Gasteiger partial charge is 0.128 e. The molecule has 0 spiro atoms. The van der Waals surface area contributed by atoms with E-state index in [1.54, 1.807) is 7.11 Å². The van der Waals surface area contributed by atoms with Crippen LogP contribution in [0.2, 0.25) is 0 Å². The summed E-state index contributed by atoms with van der Waals surface area (Å²) in [5.74, 6) is 0.851. The zero-order valence-electron chi connectivity index (χ0n) is 11.1. The van der Waals surface area contributed by atoms with Crippen molar-refractivity contribution in [1.82, 2.24) is 10.2 Å². The Bertz CT molecular complexity index is 546. The molecular formula is C14H19N3O. The molecule has 96 valence electrons. The Morgan fingerprint density at radius 3 is 2.61 bits per heavy atom. The highest BCUT2D eigenvalue weighted by atomic mass is 16.5. The van der Waals surface area contributed by atoms with Gasteiger partial charge in [-0.15, -0.1) is 0 Å². The first kappa shape index (κ1) is 12.6. The van der Waals surface area contributed by atoms with E-state index in [9.17, 15) is 0 Å². The molecule has 18 heavy (non-hydrogen) atoms. The summed E-state index contributed by atoms with van der Waals surface area (Å²) in [5.41, 5.74) is 10.9. The van der Waals surface area contributed by atoms with Crippen LogP contribution in [0.1, 0.15) is 16.8 Å². The topological polar surface area (TPSA) is 63.9 Å². The molecule has 4 nitrogen and oxygen atoms in total. The zero-order chi connectivity index (χ0) is 13.1. The summed E-state index contributed by atoms with van der Waals surface area (Å²) >= 11 is 0. The maximum Gasteiger partial charge on any atom is 0.128 e. The number of nitrogens with zero attached hydrogens (tertiary/aromatic N) is 1. The molecule has 0 amide bonds. The largest absolute Gasteiger partial charge is 0.496 e. The molecule has 0 aliphatic rings. The number of methoxy groups -OCH3 is 1. The average Bonchev–Trinajstić information content (AvgIpc) is 2.81. The van der Waals surface area contributed by atoms with Gasteiger partial charge in [0.15, 0.2) is 0 Å². The van der Waals surface area contributed by atoms with Crippen LogP contribution in [0.4, 0.5) is 0 Å². The predicted octanol–water partition coefficient (Wildman–Crippen LogP) is 2.20. The molecule has 0 radical (unpaired) electrons. The van der Waals surface area contributed by atoms with Crippen LogP contribution in [0.25, 0.3) is 11.3 Å². The van der Waals surface area contributed by atoms with E-state index in [1.165, 1.54) is 11.1 Å². The zero-order valence-corrected chi connectivity index (χ0v) is 11.1. The number of aryl methyl sites for hydroxylation is 2. The predicted molar refractivity (Wildman–Crippen MR) is 72.8 cm³/mol. The number of hydrogen-bond donors (Lipinski definition) is 2. The first-order chi connectivity index (χ1) is 8.65. The van der Waals surface area contributed by atoms with Gasteiger partial charge < -0.3 is 10.5 Å². The molecule has 0 fully saturated rings. The Morgan fingerprint density at radius 1 is 1.22 bits per heavy atom. The standard InChI is InChI=1S/C14H19N3O/c1-9-6-12(14(18-3)7-10(9)2)13-8-11(4-5-15)16-17-13/h6-8H,4-5,15H2,1-3H3,(H,16,17). The molecule has 2 rings (SSSR count). The summed E-state index contributed by atoms with van der Waals surface area (Å²) < 4.78 is 5.43. The van der Waals surface area contributed by atoms with Crippen LogP contribution >= 0.6 is 0 Å². The van der Waals surface area contributed by atoms with Crippen molar-refractivity contribution in [3.63, 3.8) is 0 Å². The summed E-state index contributed by atoms with van der Waals surface area (Å²) in [4.78, 5) is 0. The molecule has 1 aromatic heterocycles. The Balaban J connectivity index is 2.45. The molecule has 1 aromatic carbocycles. The number of aromatic nitrogens is 2. The number of nitrogens with two attached hydrogens (primary N) is 1. The number of nitrogens with one attached hydrogen (secondary N) is 1. The lowest BCUT2D eigenvalue weighted by atomic mass is 10.0. The van der Waals surface area contributed by atoms with Crippen molar-refractivity contribution in [3.8, 4) is 17.0 Å². The van der Waals surface area contributed by atoms with Gasteiger partial charge in [-0.1, -0.05) is 0 Å². The Labute approximate surface area is 107 Å². The molecule has 0 atom stereocenters. The van der Waals surface area contributed by atoms with Gasteiger partial charge in [-0.3, -0.25) is 5.10 Å². The molecule has 1 heterocycles. The van der Waals surface area contributed by atoms with Crippen molar-refractivity contribution >= 4 is 0 Å². The highest BCUT2D eigenvalue weighted by Crippen LogP contribution is 2.31. The summed E-state index contributed by atoms with van der Waals surface area (Å²) in [6.45, 7) is 4.78. The number of benzene rings is 1. The lowest BCUT2D eigenvalue weighted by molar-refractivity contribution is 0.416. The number of rotatable bonds is 4. The monoisotopic (exact) mass is 245 g/mol. The van der Waals surface area contributed by atoms with E-state index >= 15 is 0 Å².